The Hall–Kier alpha value is -2.14. The van der Waals surface area contributed by atoms with E-state index in [1.807, 2.05) is 6.07 Å². The van der Waals surface area contributed by atoms with Gasteiger partial charge in [-0.05, 0) is 30.7 Å². The fraction of sp³-hybridized carbons (Fsp3) is 0.267. The molecule has 6 heteroatoms. The third-order valence-electron chi connectivity index (χ3n) is 2.96. The molecule has 0 spiro atoms. The van der Waals surface area contributed by atoms with Crippen LogP contribution in [0.1, 0.15) is 24.9 Å². The van der Waals surface area contributed by atoms with Crippen LogP contribution in [-0.4, -0.2) is 28.1 Å². The van der Waals surface area contributed by atoms with Crippen molar-refractivity contribution in [3.63, 3.8) is 0 Å². The van der Waals surface area contributed by atoms with Gasteiger partial charge in [-0.15, -0.1) is 0 Å². The van der Waals surface area contributed by atoms with Gasteiger partial charge in [0.05, 0.1) is 12.6 Å². The van der Waals surface area contributed by atoms with E-state index in [9.17, 15) is 9.59 Å². The summed E-state index contributed by atoms with van der Waals surface area (Å²) < 4.78 is 6.37. The Bertz CT molecular complexity index is 626. The van der Waals surface area contributed by atoms with Crippen molar-refractivity contribution in [2.75, 3.05) is 6.61 Å². The second kappa shape index (κ2) is 7.04. The molecule has 0 aliphatic heterocycles. The summed E-state index contributed by atoms with van der Waals surface area (Å²) >= 11 is 5.99. The van der Waals surface area contributed by atoms with Crippen LogP contribution in [0, 0.1) is 0 Å². The van der Waals surface area contributed by atoms with Crippen molar-refractivity contribution in [1.82, 2.24) is 9.78 Å². The van der Waals surface area contributed by atoms with Gasteiger partial charge in [0, 0.05) is 23.8 Å². The number of hydrogen-bond acceptors (Lipinski definition) is 4. The first-order chi connectivity index (χ1) is 10.1. The lowest BCUT2D eigenvalue weighted by molar-refractivity contribution is -0.153. The van der Waals surface area contributed by atoms with Crippen molar-refractivity contribution in [1.29, 1.82) is 0 Å². The van der Waals surface area contributed by atoms with Crippen molar-refractivity contribution < 1.29 is 14.3 Å². The molecule has 5 nitrogen and oxygen atoms in total. The fourth-order valence-electron chi connectivity index (χ4n) is 2.01. The Morgan fingerprint density at radius 1 is 1.38 bits per heavy atom. The molecule has 2 aromatic rings. The first kappa shape index (κ1) is 15.3. The van der Waals surface area contributed by atoms with E-state index >= 15 is 0 Å². The van der Waals surface area contributed by atoms with Crippen LogP contribution in [0.2, 0.25) is 5.02 Å². The van der Waals surface area contributed by atoms with Crippen LogP contribution < -0.4 is 0 Å². The lowest BCUT2D eigenvalue weighted by Gasteiger charge is -2.17. The minimum Gasteiger partial charge on any atom is -0.460 e. The monoisotopic (exact) mass is 306 g/mol. The molecule has 0 saturated heterocycles. The third kappa shape index (κ3) is 3.92. The highest BCUT2D eigenvalue weighted by atomic mass is 35.5. The molecule has 1 aromatic heterocycles. The highest BCUT2D eigenvalue weighted by molar-refractivity contribution is 6.33. The van der Waals surface area contributed by atoms with Gasteiger partial charge in [0.1, 0.15) is 0 Å². The number of carbonyl (C=O) groups excluding carboxylic acids is 2. The summed E-state index contributed by atoms with van der Waals surface area (Å²) in [5, 5.41) is 4.71. The maximum absolute atomic E-state index is 11.9. The predicted molar refractivity (Wildman–Crippen MR) is 78.1 cm³/mol. The van der Waals surface area contributed by atoms with E-state index in [0.29, 0.717) is 5.02 Å². The average Bonchev–Trinajstić information content (AvgIpc) is 2.98. The molecular formula is C15H15ClN2O3. The zero-order chi connectivity index (χ0) is 15.2. The fourth-order valence-corrected chi connectivity index (χ4v) is 2.21. The Balaban J connectivity index is 2.26. The summed E-state index contributed by atoms with van der Waals surface area (Å²) in [6.45, 7) is 1.83. The van der Waals surface area contributed by atoms with E-state index in [-0.39, 0.29) is 13.0 Å². The summed E-state index contributed by atoms with van der Waals surface area (Å²) in [4.78, 5) is 23.5. The number of hydrogen-bond donors (Lipinski definition) is 0. The van der Waals surface area contributed by atoms with Gasteiger partial charge >= 0.3 is 5.97 Å². The average molecular weight is 307 g/mol. The van der Waals surface area contributed by atoms with Gasteiger partial charge < -0.3 is 4.74 Å². The molecule has 0 bridgehead atoms. The van der Waals surface area contributed by atoms with Crippen LogP contribution in [0.4, 0.5) is 0 Å². The molecule has 0 saturated carbocycles. The van der Waals surface area contributed by atoms with E-state index in [0.717, 1.165) is 5.56 Å². The molecule has 1 unspecified atom stereocenters. The number of rotatable bonds is 6. The lowest BCUT2D eigenvalue weighted by Crippen LogP contribution is -2.23. The van der Waals surface area contributed by atoms with Crippen LogP contribution in [0.3, 0.4) is 0 Å². The second-order valence-corrected chi connectivity index (χ2v) is 4.84. The minimum absolute atomic E-state index is 0.0269. The number of nitrogens with zero attached hydrogens (tertiary/aromatic N) is 2. The highest BCUT2D eigenvalue weighted by Gasteiger charge is 2.23. The number of halogens is 1. The number of esters is 1. The number of benzene rings is 1. The summed E-state index contributed by atoms with van der Waals surface area (Å²) in [5.74, 6) is -1.41. The Morgan fingerprint density at radius 2 is 2.19 bits per heavy atom. The number of aromatic nitrogens is 2. The molecule has 0 fully saturated rings. The first-order valence-electron chi connectivity index (χ1n) is 6.56. The quantitative estimate of drug-likeness (QED) is 0.608. The van der Waals surface area contributed by atoms with Gasteiger partial charge in [-0.2, -0.15) is 5.10 Å². The Labute approximate surface area is 127 Å². The normalized spacial score (nSPS) is 11.9. The van der Waals surface area contributed by atoms with E-state index < -0.39 is 17.8 Å². The molecule has 0 aliphatic rings. The third-order valence-corrected chi connectivity index (χ3v) is 3.19. The van der Waals surface area contributed by atoms with Crippen LogP contribution in [0.5, 0.6) is 0 Å². The SMILES string of the molecule is CCOC(=O)C(=O)CC(c1cccc(Cl)c1)n1cccn1. The first-order valence-corrected chi connectivity index (χ1v) is 6.94. The van der Waals surface area contributed by atoms with Crippen molar-refractivity contribution >= 4 is 23.4 Å². The molecule has 0 radical (unpaired) electrons. The number of ketones is 1. The van der Waals surface area contributed by atoms with Gasteiger partial charge in [-0.3, -0.25) is 9.48 Å². The minimum atomic E-state index is -0.823. The smallest absolute Gasteiger partial charge is 0.374 e. The molecule has 0 amide bonds. The topological polar surface area (TPSA) is 61.2 Å². The molecule has 110 valence electrons. The van der Waals surface area contributed by atoms with Crippen LogP contribution in [0.25, 0.3) is 0 Å². The summed E-state index contributed by atoms with van der Waals surface area (Å²) in [6, 6.07) is 8.51. The molecule has 1 aromatic carbocycles. The lowest BCUT2D eigenvalue weighted by atomic mass is 10.0. The molecular weight excluding hydrogens is 292 g/mol. The maximum atomic E-state index is 11.9. The Morgan fingerprint density at radius 3 is 2.81 bits per heavy atom. The molecule has 2 rings (SSSR count). The van der Waals surface area contributed by atoms with E-state index in [2.05, 4.69) is 5.10 Å². The molecule has 21 heavy (non-hydrogen) atoms. The van der Waals surface area contributed by atoms with Crippen LogP contribution in [0.15, 0.2) is 42.7 Å². The van der Waals surface area contributed by atoms with Crippen LogP contribution in [-0.2, 0) is 14.3 Å². The van der Waals surface area contributed by atoms with E-state index in [1.165, 1.54) is 0 Å². The highest BCUT2D eigenvalue weighted by Crippen LogP contribution is 2.24. The van der Waals surface area contributed by atoms with Crippen molar-refractivity contribution in [3.8, 4) is 0 Å². The van der Waals surface area contributed by atoms with Gasteiger partial charge in [0.25, 0.3) is 0 Å². The predicted octanol–water partition coefficient (Wildman–Crippen LogP) is 2.65. The molecule has 0 N–H and O–H groups in total. The van der Waals surface area contributed by atoms with E-state index in [4.69, 9.17) is 16.3 Å². The van der Waals surface area contributed by atoms with E-state index in [1.54, 1.807) is 48.3 Å². The van der Waals surface area contributed by atoms with Gasteiger partial charge in [-0.25, -0.2) is 4.79 Å². The maximum Gasteiger partial charge on any atom is 0.374 e. The zero-order valence-electron chi connectivity index (χ0n) is 11.5. The van der Waals surface area contributed by atoms with Gasteiger partial charge in [-0.1, -0.05) is 23.7 Å². The second-order valence-electron chi connectivity index (χ2n) is 4.40. The van der Waals surface area contributed by atoms with Gasteiger partial charge in [0.15, 0.2) is 0 Å². The van der Waals surface area contributed by atoms with Crippen molar-refractivity contribution in [2.24, 2.45) is 0 Å². The number of Topliss-reactive ketones (excluding diaryl/α,β-unsaturated/α-hetero) is 1. The largest absolute Gasteiger partial charge is 0.460 e. The van der Waals surface area contributed by atoms with Crippen LogP contribution >= 0.6 is 11.6 Å². The summed E-state index contributed by atoms with van der Waals surface area (Å²) in [6.07, 6.45) is 3.33. The molecule has 1 heterocycles. The molecule has 1 atom stereocenters. The number of carbonyl (C=O) groups is 2. The Kier molecular flexibility index (Phi) is 5.11. The standard InChI is InChI=1S/C15H15ClN2O3/c1-2-21-15(20)14(19)10-13(18-8-4-7-17-18)11-5-3-6-12(16)9-11/h3-9,13H,2,10H2,1H3. The summed E-state index contributed by atoms with van der Waals surface area (Å²) in [5.41, 5.74) is 0.809. The van der Waals surface area contributed by atoms with Crippen molar-refractivity contribution in [2.45, 2.75) is 19.4 Å². The zero-order valence-corrected chi connectivity index (χ0v) is 12.3. The molecule has 0 aliphatic carbocycles. The van der Waals surface area contributed by atoms with Gasteiger partial charge in [0.2, 0.25) is 5.78 Å². The number of ether oxygens (including phenoxy) is 1. The van der Waals surface area contributed by atoms with Crippen molar-refractivity contribution in [3.05, 3.63) is 53.3 Å². The summed E-state index contributed by atoms with van der Waals surface area (Å²) in [7, 11) is 0.